The number of carbonyl (C=O) groups excluding carboxylic acids is 1. The minimum Gasteiger partial charge on any atom is -0.329 e. The largest absolute Gasteiger partial charge is 0.471 e. The second-order valence-electron chi connectivity index (χ2n) is 4.08. The van der Waals surface area contributed by atoms with Crippen LogP contribution in [0.25, 0.3) is 11.4 Å². The van der Waals surface area contributed by atoms with Gasteiger partial charge in [-0.2, -0.15) is 18.2 Å². The van der Waals surface area contributed by atoms with Gasteiger partial charge in [0.05, 0.1) is 6.54 Å². The number of likely N-dealkylation sites (N-methyl/N-ethyl adjacent to an activating group) is 1. The van der Waals surface area contributed by atoms with Gasteiger partial charge >= 0.3 is 12.1 Å². The van der Waals surface area contributed by atoms with Crippen molar-refractivity contribution in [2.45, 2.75) is 6.18 Å². The molecular weight excluding hydrogens is 325 g/mol. The predicted octanol–water partition coefficient (Wildman–Crippen LogP) is 2.34. The SMILES string of the molecule is CNCC(=O)Nc1ccc(-c2noc(C(F)(F)F)n2)cc1.Cl. The Labute approximate surface area is 129 Å². The summed E-state index contributed by atoms with van der Waals surface area (Å²) in [5.41, 5.74) is 0.861. The molecule has 0 saturated carbocycles. The van der Waals surface area contributed by atoms with Gasteiger partial charge in [-0.15, -0.1) is 12.4 Å². The van der Waals surface area contributed by atoms with Crippen molar-refractivity contribution in [2.24, 2.45) is 0 Å². The number of amides is 1. The van der Waals surface area contributed by atoms with E-state index in [0.29, 0.717) is 11.3 Å². The molecule has 0 saturated heterocycles. The van der Waals surface area contributed by atoms with E-state index in [1.54, 1.807) is 7.05 Å². The van der Waals surface area contributed by atoms with Crippen LogP contribution in [0.1, 0.15) is 5.89 Å². The Hall–Kier alpha value is -2.13. The van der Waals surface area contributed by atoms with Gasteiger partial charge in [-0.25, -0.2) is 0 Å². The van der Waals surface area contributed by atoms with Gasteiger partial charge in [-0.05, 0) is 31.3 Å². The lowest BCUT2D eigenvalue weighted by molar-refractivity contribution is -0.159. The molecule has 1 aromatic heterocycles. The van der Waals surface area contributed by atoms with Gasteiger partial charge in [0.1, 0.15) is 0 Å². The van der Waals surface area contributed by atoms with Crippen molar-refractivity contribution in [3.63, 3.8) is 0 Å². The summed E-state index contributed by atoms with van der Waals surface area (Å²) in [4.78, 5) is 14.6. The normalized spacial score (nSPS) is 10.9. The van der Waals surface area contributed by atoms with E-state index in [-0.39, 0.29) is 30.7 Å². The van der Waals surface area contributed by atoms with Crippen molar-refractivity contribution in [1.29, 1.82) is 0 Å². The molecule has 22 heavy (non-hydrogen) atoms. The lowest BCUT2D eigenvalue weighted by atomic mass is 10.2. The molecule has 0 radical (unpaired) electrons. The van der Waals surface area contributed by atoms with E-state index >= 15 is 0 Å². The van der Waals surface area contributed by atoms with Gasteiger partial charge < -0.3 is 15.2 Å². The summed E-state index contributed by atoms with van der Waals surface area (Å²) in [5.74, 6) is -1.80. The number of nitrogens with one attached hydrogen (secondary N) is 2. The number of carbonyl (C=O) groups is 1. The molecular formula is C12H12ClF3N4O2. The Balaban J connectivity index is 0.00000242. The fraction of sp³-hybridized carbons (Fsp3) is 0.250. The summed E-state index contributed by atoms with van der Waals surface area (Å²) in [5, 5.41) is 8.57. The first-order chi connectivity index (χ1) is 9.90. The molecule has 2 rings (SSSR count). The van der Waals surface area contributed by atoms with Crippen LogP contribution < -0.4 is 10.6 Å². The zero-order valence-electron chi connectivity index (χ0n) is 11.3. The van der Waals surface area contributed by atoms with Gasteiger partial charge in [-0.1, -0.05) is 5.16 Å². The standard InChI is InChI=1S/C12H11F3N4O2.ClH/c1-16-6-9(20)17-8-4-2-7(3-5-8)10-18-11(21-19-10)12(13,14)15;/h2-5,16H,6H2,1H3,(H,17,20);1H. The number of hydrogen-bond acceptors (Lipinski definition) is 5. The van der Waals surface area contributed by atoms with E-state index in [1.807, 2.05) is 0 Å². The Morgan fingerprint density at radius 3 is 2.41 bits per heavy atom. The quantitative estimate of drug-likeness (QED) is 0.895. The Morgan fingerprint density at radius 2 is 1.91 bits per heavy atom. The summed E-state index contributed by atoms with van der Waals surface area (Å²) in [6, 6.07) is 6.04. The van der Waals surface area contributed by atoms with Crippen molar-refractivity contribution in [3.05, 3.63) is 30.2 Å². The third-order valence-electron chi connectivity index (χ3n) is 2.43. The molecule has 0 fully saturated rings. The summed E-state index contributed by atoms with van der Waals surface area (Å²) in [7, 11) is 1.64. The van der Waals surface area contributed by atoms with Crippen molar-refractivity contribution in [1.82, 2.24) is 15.5 Å². The van der Waals surface area contributed by atoms with E-state index in [0.717, 1.165) is 0 Å². The summed E-state index contributed by atoms with van der Waals surface area (Å²) >= 11 is 0. The Bertz CT molecular complexity index is 628. The van der Waals surface area contributed by atoms with E-state index in [4.69, 9.17) is 0 Å². The molecule has 1 aromatic carbocycles. The predicted molar refractivity (Wildman–Crippen MR) is 74.5 cm³/mol. The summed E-state index contributed by atoms with van der Waals surface area (Å²) in [6.45, 7) is 0.154. The van der Waals surface area contributed by atoms with Crippen LogP contribution in [0.4, 0.5) is 18.9 Å². The van der Waals surface area contributed by atoms with Crippen LogP contribution in [0, 0.1) is 0 Å². The van der Waals surface area contributed by atoms with E-state index < -0.39 is 12.1 Å². The van der Waals surface area contributed by atoms with Gasteiger partial charge in [0.25, 0.3) is 0 Å². The first-order valence-electron chi connectivity index (χ1n) is 5.86. The molecule has 10 heteroatoms. The molecule has 0 bridgehead atoms. The smallest absolute Gasteiger partial charge is 0.329 e. The topological polar surface area (TPSA) is 80.0 Å². The van der Waals surface area contributed by atoms with Gasteiger partial charge in [-0.3, -0.25) is 4.79 Å². The van der Waals surface area contributed by atoms with Crippen LogP contribution in [-0.4, -0.2) is 29.6 Å². The highest BCUT2D eigenvalue weighted by molar-refractivity contribution is 5.92. The Kier molecular flexibility index (Phi) is 5.89. The molecule has 0 unspecified atom stereocenters. The molecule has 0 spiro atoms. The second-order valence-corrected chi connectivity index (χ2v) is 4.08. The van der Waals surface area contributed by atoms with E-state index in [2.05, 4.69) is 25.3 Å². The minimum atomic E-state index is -4.67. The maximum Gasteiger partial charge on any atom is 0.471 e. The first-order valence-corrected chi connectivity index (χ1v) is 5.86. The molecule has 120 valence electrons. The van der Waals surface area contributed by atoms with Crippen molar-refractivity contribution >= 4 is 24.0 Å². The molecule has 0 atom stereocenters. The third-order valence-corrected chi connectivity index (χ3v) is 2.43. The lowest BCUT2D eigenvalue weighted by Crippen LogP contribution is -2.24. The number of aromatic nitrogens is 2. The highest BCUT2D eigenvalue weighted by Crippen LogP contribution is 2.29. The highest BCUT2D eigenvalue weighted by atomic mass is 35.5. The average molecular weight is 337 g/mol. The van der Waals surface area contributed by atoms with Crippen LogP contribution in [0.5, 0.6) is 0 Å². The van der Waals surface area contributed by atoms with Crippen LogP contribution in [0.3, 0.4) is 0 Å². The third kappa shape index (κ3) is 4.43. The molecule has 6 nitrogen and oxygen atoms in total. The molecule has 1 amide bonds. The highest BCUT2D eigenvalue weighted by Gasteiger charge is 2.38. The molecule has 2 N–H and O–H groups in total. The number of hydrogen-bond donors (Lipinski definition) is 2. The van der Waals surface area contributed by atoms with Crippen molar-refractivity contribution in [2.75, 3.05) is 18.9 Å². The molecule has 0 aliphatic carbocycles. The number of nitrogens with zero attached hydrogens (tertiary/aromatic N) is 2. The van der Waals surface area contributed by atoms with Gasteiger partial charge in [0, 0.05) is 11.3 Å². The van der Waals surface area contributed by atoms with E-state index in [1.165, 1.54) is 24.3 Å². The molecule has 1 heterocycles. The molecule has 0 aliphatic rings. The van der Waals surface area contributed by atoms with Crippen molar-refractivity contribution in [3.8, 4) is 11.4 Å². The zero-order chi connectivity index (χ0) is 15.5. The number of benzene rings is 1. The maximum absolute atomic E-state index is 12.3. The van der Waals surface area contributed by atoms with Crippen LogP contribution in [0.2, 0.25) is 0 Å². The molecule has 0 aliphatic heterocycles. The monoisotopic (exact) mass is 336 g/mol. The maximum atomic E-state index is 12.3. The summed E-state index contributed by atoms with van der Waals surface area (Å²) < 4.78 is 41.2. The average Bonchev–Trinajstić information content (AvgIpc) is 2.89. The van der Waals surface area contributed by atoms with Gasteiger partial charge in [0.15, 0.2) is 0 Å². The fourth-order valence-electron chi connectivity index (χ4n) is 1.52. The van der Waals surface area contributed by atoms with Gasteiger partial charge in [0.2, 0.25) is 11.7 Å². The van der Waals surface area contributed by atoms with Crippen LogP contribution >= 0.6 is 12.4 Å². The molecule has 2 aromatic rings. The number of anilines is 1. The second kappa shape index (κ2) is 7.23. The van der Waals surface area contributed by atoms with Crippen LogP contribution in [-0.2, 0) is 11.0 Å². The summed E-state index contributed by atoms with van der Waals surface area (Å²) in [6.07, 6.45) is -4.67. The number of alkyl halides is 3. The lowest BCUT2D eigenvalue weighted by Gasteiger charge is -2.04. The Morgan fingerprint density at radius 1 is 1.27 bits per heavy atom. The van der Waals surface area contributed by atoms with E-state index in [9.17, 15) is 18.0 Å². The number of rotatable bonds is 4. The zero-order valence-corrected chi connectivity index (χ0v) is 12.1. The first kappa shape index (κ1) is 17.9. The minimum absolute atomic E-state index is 0. The fourth-order valence-corrected chi connectivity index (χ4v) is 1.52. The van der Waals surface area contributed by atoms with Crippen LogP contribution in [0.15, 0.2) is 28.8 Å². The number of halogens is 4. The van der Waals surface area contributed by atoms with Crippen molar-refractivity contribution < 1.29 is 22.5 Å².